The Balaban J connectivity index is 2.03. The predicted octanol–water partition coefficient (Wildman–Crippen LogP) is 5.45. The summed E-state index contributed by atoms with van der Waals surface area (Å²) < 4.78 is 5.69. The van der Waals surface area contributed by atoms with E-state index in [9.17, 15) is 4.79 Å². The van der Waals surface area contributed by atoms with Crippen LogP contribution < -0.4 is 10.6 Å². The van der Waals surface area contributed by atoms with Crippen LogP contribution in [0.5, 0.6) is 0 Å². The third kappa shape index (κ3) is 4.93. The van der Waals surface area contributed by atoms with Crippen molar-refractivity contribution in [3.63, 3.8) is 0 Å². The highest BCUT2D eigenvalue weighted by Crippen LogP contribution is 2.33. The highest BCUT2D eigenvalue weighted by molar-refractivity contribution is 6.30. The van der Waals surface area contributed by atoms with Crippen LogP contribution in [0.3, 0.4) is 0 Å². The molecule has 0 saturated heterocycles. The second-order valence-electron chi connectivity index (χ2n) is 8.14. The molecule has 0 spiro atoms. The van der Waals surface area contributed by atoms with Crippen molar-refractivity contribution >= 4 is 29.2 Å². The summed E-state index contributed by atoms with van der Waals surface area (Å²) in [6.07, 6.45) is 7.97. The van der Waals surface area contributed by atoms with E-state index in [1.165, 1.54) is 6.42 Å². The van der Waals surface area contributed by atoms with Crippen LogP contribution in [0.1, 0.15) is 52.9 Å². The van der Waals surface area contributed by atoms with Crippen LogP contribution in [0.25, 0.3) is 11.3 Å². The number of carbonyl (C=O) groups excluding carboxylic acids is 1. The number of nitrogens with zero attached hydrogens (tertiary/aromatic N) is 3. The van der Waals surface area contributed by atoms with Crippen LogP contribution >= 0.6 is 11.6 Å². The number of nitrogen functional groups attached to an aromatic ring is 1. The molecular formula is C21H27ClN4O2. The molecule has 0 atom stereocenters. The van der Waals surface area contributed by atoms with Crippen LogP contribution in [-0.2, 0) is 4.74 Å². The zero-order valence-corrected chi connectivity index (χ0v) is 17.4. The average molecular weight is 403 g/mol. The number of carbonyl (C=O) groups is 1. The Morgan fingerprint density at radius 1 is 1.21 bits per heavy atom. The summed E-state index contributed by atoms with van der Waals surface area (Å²) in [6, 6.07) is 5.38. The summed E-state index contributed by atoms with van der Waals surface area (Å²) in [6.45, 7) is 5.57. The van der Waals surface area contributed by atoms with E-state index < -0.39 is 11.7 Å². The number of hydrogen-bond acceptors (Lipinski definition) is 5. The molecule has 2 aromatic heterocycles. The van der Waals surface area contributed by atoms with E-state index in [2.05, 4.69) is 4.98 Å². The summed E-state index contributed by atoms with van der Waals surface area (Å²) in [5.41, 5.74) is 7.51. The highest BCUT2D eigenvalue weighted by atomic mass is 35.5. The molecule has 2 heterocycles. The van der Waals surface area contributed by atoms with Crippen LogP contribution in [0.15, 0.2) is 30.6 Å². The maximum Gasteiger partial charge on any atom is 0.416 e. The molecule has 3 rings (SSSR count). The molecule has 1 saturated carbocycles. The van der Waals surface area contributed by atoms with Gasteiger partial charge in [0.05, 0.1) is 16.4 Å². The summed E-state index contributed by atoms with van der Waals surface area (Å²) >= 11 is 6.07. The zero-order chi connectivity index (χ0) is 20.3. The van der Waals surface area contributed by atoms with Crippen molar-refractivity contribution in [2.75, 3.05) is 10.6 Å². The van der Waals surface area contributed by atoms with Gasteiger partial charge in [-0.2, -0.15) is 0 Å². The normalized spacial score (nSPS) is 15.3. The molecular weight excluding hydrogens is 376 g/mol. The van der Waals surface area contributed by atoms with Gasteiger partial charge in [-0.3, -0.25) is 9.88 Å². The minimum Gasteiger partial charge on any atom is -0.443 e. The fourth-order valence-electron chi connectivity index (χ4n) is 3.42. The number of pyridine rings is 2. The van der Waals surface area contributed by atoms with Crippen LogP contribution in [0.4, 0.5) is 16.3 Å². The molecule has 0 radical (unpaired) electrons. The number of anilines is 2. The van der Waals surface area contributed by atoms with Crippen molar-refractivity contribution in [1.29, 1.82) is 0 Å². The Kier molecular flexibility index (Phi) is 6.08. The Labute approximate surface area is 171 Å². The lowest BCUT2D eigenvalue weighted by Crippen LogP contribution is -2.45. The van der Waals surface area contributed by atoms with Crippen molar-refractivity contribution in [1.82, 2.24) is 9.97 Å². The van der Waals surface area contributed by atoms with E-state index in [1.54, 1.807) is 35.5 Å². The molecule has 0 aliphatic heterocycles. The molecule has 2 N–H and O–H groups in total. The largest absolute Gasteiger partial charge is 0.443 e. The number of hydrogen-bond donors (Lipinski definition) is 1. The van der Waals surface area contributed by atoms with E-state index in [4.69, 9.17) is 27.1 Å². The number of nitrogens with two attached hydrogens (primary N) is 1. The molecule has 7 heteroatoms. The molecule has 0 aromatic carbocycles. The lowest BCUT2D eigenvalue weighted by Gasteiger charge is -2.35. The Bertz CT molecular complexity index is 845. The van der Waals surface area contributed by atoms with E-state index >= 15 is 0 Å². The van der Waals surface area contributed by atoms with Gasteiger partial charge in [-0.25, -0.2) is 9.78 Å². The molecule has 2 aromatic rings. The fourth-order valence-corrected chi connectivity index (χ4v) is 3.60. The molecule has 1 amide bonds. The first kappa shape index (κ1) is 20.4. The SMILES string of the molecule is CC(C)(C)OC(=O)N(c1nc(-c2cncc(Cl)c2)ccc1N)C1CCCCC1. The van der Waals surface area contributed by atoms with Gasteiger partial charge in [0.2, 0.25) is 0 Å². The topological polar surface area (TPSA) is 81.3 Å². The van der Waals surface area contributed by atoms with Crippen molar-refractivity contribution in [2.45, 2.75) is 64.5 Å². The van der Waals surface area contributed by atoms with Crippen molar-refractivity contribution in [3.05, 3.63) is 35.6 Å². The van der Waals surface area contributed by atoms with Gasteiger partial charge in [0, 0.05) is 24.0 Å². The van der Waals surface area contributed by atoms with Gasteiger partial charge >= 0.3 is 6.09 Å². The Hall–Kier alpha value is -2.34. The lowest BCUT2D eigenvalue weighted by molar-refractivity contribution is 0.0557. The number of aromatic nitrogens is 2. The van der Waals surface area contributed by atoms with Gasteiger partial charge in [0.1, 0.15) is 5.60 Å². The van der Waals surface area contributed by atoms with Gasteiger partial charge in [0.25, 0.3) is 0 Å². The second kappa shape index (κ2) is 8.35. The molecule has 0 unspecified atom stereocenters. The molecule has 150 valence electrons. The second-order valence-corrected chi connectivity index (χ2v) is 8.58. The highest BCUT2D eigenvalue weighted by Gasteiger charge is 2.33. The first-order valence-corrected chi connectivity index (χ1v) is 10.0. The van der Waals surface area contributed by atoms with Gasteiger partial charge in [-0.15, -0.1) is 0 Å². The van der Waals surface area contributed by atoms with Crippen molar-refractivity contribution in [3.8, 4) is 11.3 Å². The van der Waals surface area contributed by atoms with Gasteiger partial charge < -0.3 is 10.5 Å². The van der Waals surface area contributed by atoms with Crippen LogP contribution in [-0.4, -0.2) is 27.7 Å². The van der Waals surface area contributed by atoms with E-state index in [-0.39, 0.29) is 6.04 Å². The van der Waals surface area contributed by atoms with E-state index in [1.807, 2.05) is 20.8 Å². The number of halogens is 1. The predicted molar refractivity (Wildman–Crippen MR) is 112 cm³/mol. The summed E-state index contributed by atoms with van der Waals surface area (Å²) in [5, 5.41) is 0.522. The van der Waals surface area contributed by atoms with Crippen LogP contribution in [0.2, 0.25) is 5.02 Å². The van der Waals surface area contributed by atoms with Crippen molar-refractivity contribution in [2.24, 2.45) is 0 Å². The first-order chi connectivity index (χ1) is 13.2. The smallest absolute Gasteiger partial charge is 0.416 e. The molecule has 6 nitrogen and oxygen atoms in total. The minimum atomic E-state index is -0.604. The number of rotatable bonds is 3. The first-order valence-electron chi connectivity index (χ1n) is 9.64. The fraction of sp³-hybridized carbons (Fsp3) is 0.476. The maximum absolute atomic E-state index is 13.1. The van der Waals surface area contributed by atoms with Gasteiger partial charge in [0.15, 0.2) is 5.82 Å². The molecule has 1 aliphatic carbocycles. The Morgan fingerprint density at radius 2 is 1.93 bits per heavy atom. The third-order valence-corrected chi connectivity index (χ3v) is 4.87. The lowest BCUT2D eigenvalue weighted by atomic mass is 9.94. The maximum atomic E-state index is 13.1. The standard InChI is InChI=1S/C21H27ClN4O2/c1-21(2,3)28-20(27)26(16-7-5-4-6-8-16)19-17(23)9-10-18(25-19)14-11-15(22)13-24-12-14/h9-13,16H,4-8,23H2,1-3H3. The van der Waals surface area contributed by atoms with Crippen molar-refractivity contribution < 1.29 is 9.53 Å². The monoisotopic (exact) mass is 402 g/mol. The average Bonchev–Trinajstić information content (AvgIpc) is 2.63. The molecule has 0 bridgehead atoms. The van der Waals surface area contributed by atoms with E-state index in [0.717, 1.165) is 31.2 Å². The molecule has 28 heavy (non-hydrogen) atoms. The summed E-state index contributed by atoms with van der Waals surface area (Å²) in [5.74, 6) is 0.429. The quantitative estimate of drug-likeness (QED) is 0.737. The van der Waals surface area contributed by atoms with Gasteiger partial charge in [-0.1, -0.05) is 30.9 Å². The molecule has 1 fully saturated rings. The summed E-state index contributed by atoms with van der Waals surface area (Å²) in [4.78, 5) is 23.6. The van der Waals surface area contributed by atoms with E-state index in [0.29, 0.717) is 22.2 Å². The minimum absolute atomic E-state index is 0.0196. The number of amides is 1. The van der Waals surface area contributed by atoms with Gasteiger partial charge in [-0.05, 0) is 51.8 Å². The Morgan fingerprint density at radius 3 is 2.57 bits per heavy atom. The number of ether oxygens (including phenoxy) is 1. The van der Waals surface area contributed by atoms with Crippen LogP contribution in [0, 0.1) is 0 Å². The zero-order valence-electron chi connectivity index (χ0n) is 16.6. The third-order valence-electron chi connectivity index (χ3n) is 4.66. The summed E-state index contributed by atoms with van der Waals surface area (Å²) in [7, 11) is 0. The molecule has 1 aliphatic rings.